The highest BCUT2D eigenvalue weighted by atomic mass is 19.4. The molecule has 9 heteroatoms. The third kappa shape index (κ3) is 5.44. The zero-order valence-corrected chi connectivity index (χ0v) is 20.2. The summed E-state index contributed by atoms with van der Waals surface area (Å²) in [7, 11) is 0. The van der Waals surface area contributed by atoms with Crippen LogP contribution in [0.1, 0.15) is 65.2 Å². The lowest BCUT2D eigenvalue weighted by atomic mass is 9.71. The molecule has 0 radical (unpaired) electrons. The molecule has 4 aliphatic rings. The van der Waals surface area contributed by atoms with Gasteiger partial charge < -0.3 is 14.6 Å². The van der Waals surface area contributed by atoms with Gasteiger partial charge in [0.1, 0.15) is 18.0 Å². The first-order chi connectivity index (χ1) is 16.5. The monoisotopic (exact) mass is 500 g/mol. The van der Waals surface area contributed by atoms with E-state index in [0.29, 0.717) is 44.9 Å². The molecule has 0 aromatic carbocycles. The largest absolute Gasteiger partial charge is 0.490 e. The van der Waals surface area contributed by atoms with Crippen LogP contribution >= 0.6 is 0 Å². The number of aliphatic hydroxyl groups is 1. The van der Waals surface area contributed by atoms with Crippen molar-refractivity contribution in [3.8, 4) is 0 Å². The van der Waals surface area contributed by atoms with Gasteiger partial charge in [-0.3, -0.25) is 9.59 Å². The first-order valence-corrected chi connectivity index (χ1v) is 12.9. The number of fused-ring (bicyclic) bond motifs is 5. The Kier molecular flexibility index (Phi) is 7.65. The van der Waals surface area contributed by atoms with Crippen molar-refractivity contribution < 1.29 is 42.1 Å². The van der Waals surface area contributed by atoms with Gasteiger partial charge >= 0.3 is 18.1 Å². The summed E-state index contributed by atoms with van der Waals surface area (Å²) in [5.74, 6) is -3.94. The molecule has 1 aliphatic heterocycles. The van der Waals surface area contributed by atoms with Gasteiger partial charge in [0, 0.05) is 18.3 Å². The fourth-order valence-corrected chi connectivity index (χ4v) is 7.02. The molecule has 0 spiro atoms. The maximum Gasteiger partial charge on any atom is 0.490 e. The molecule has 0 amide bonds. The molecule has 0 aromatic rings. The second-order valence-corrected chi connectivity index (χ2v) is 10.9. The van der Waals surface area contributed by atoms with E-state index in [4.69, 9.17) is 9.47 Å². The van der Waals surface area contributed by atoms with Crippen LogP contribution in [0.25, 0.3) is 0 Å². The molecule has 10 atom stereocenters. The smallest absolute Gasteiger partial charge is 0.462 e. The summed E-state index contributed by atoms with van der Waals surface area (Å²) in [5, 5.41) is 10.7. The maximum absolute atomic E-state index is 13.5. The number of halogens is 3. The number of hydrogen-bond acceptors (Lipinski definition) is 6. The number of Topliss-reactive ketones (excluding diaryl/α,β-unsaturated/α-hetero) is 1. The van der Waals surface area contributed by atoms with E-state index in [1.165, 1.54) is 0 Å². The van der Waals surface area contributed by atoms with Gasteiger partial charge in [-0.1, -0.05) is 26.0 Å². The van der Waals surface area contributed by atoms with Crippen molar-refractivity contribution >= 4 is 17.7 Å². The molecule has 35 heavy (non-hydrogen) atoms. The van der Waals surface area contributed by atoms with E-state index in [9.17, 15) is 32.7 Å². The summed E-state index contributed by atoms with van der Waals surface area (Å²) in [4.78, 5) is 37.7. The van der Waals surface area contributed by atoms with Gasteiger partial charge in [0.05, 0.1) is 6.10 Å². The van der Waals surface area contributed by atoms with Gasteiger partial charge in [0.15, 0.2) is 0 Å². The molecule has 0 unspecified atom stereocenters. The third-order valence-electron chi connectivity index (χ3n) is 8.86. The topological polar surface area (TPSA) is 89.9 Å². The van der Waals surface area contributed by atoms with Gasteiger partial charge in [-0.2, -0.15) is 13.2 Å². The summed E-state index contributed by atoms with van der Waals surface area (Å²) in [6, 6.07) is 0. The quantitative estimate of drug-likeness (QED) is 0.447. The first kappa shape index (κ1) is 26.2. The summed E-state index contributed by atoms with van der Waals surface area (Å²) in [6.45, 7) is 3.70. The Morgan fingerprint density at radius 3 is 2.54 bits per heavy atom. The van der Waals surface area contributed by atoms with Gasteiger partial charge in [0.2, 0.25) is 0 Å². The highest BCUT2D eigenvalue weighted by molar-refractivity contribution is 5.85. The van der Waals surface area contributed by atoms with Crippen LogP contribution in [-0.2, 0) is 23.9 Å². The fraction of sp³-hybridized carbons (Fsp3) is 0.808. The van der Waals surface area contributed by atoms with Crippen LogP contribution in [0.4, 0.5) is 13.2 Å². The van der Waals surface area contributed by atoms with E-state index in [-0.39, 0.29) is 53.9 Å². The normalized spacial score (nSPS) is 42.2. The van der Waals surface area contributed by atoms with E-state index in [2.05, 4.69) is 0 Å². The van der Waals surface area contributed by atoms with Gasteiger partial charge in [0.25, 0.3) is 0 Å². The molecule has 1 saturated heterocycles. The number of ketones is 1. The molecule has 2 saturated carbocycles. The number of allylic oxidation sites excluding steroid dienone is 2. The van der Waals surface area contributed by atoms with E-state index in [0.717, 1.165) is 0 Å². The predicted molar refractivity (Wildman–Crippen MR) is 119 cm³/mol. The highest BCUT2D eigenvalue weighted by Crippen LogP contribution is 2.56. The van der Waals surface area contributed by atoms with E-state index >= 15 is 0 Å². The first-order valence-electron chi connectivity index (χ1n) is 12.9. The minimum absolute atomic E-state index is 0.00258. The highest BCUT2D eigenvalue weighted by Gasteiger charge is 2.55. The number of cyclic esters (lactones) is 1. The molecule has 3 fully saturated rings. The molecule has 1 heterocycles. The average Bonchev–Trinajstić information content (AvgIpc) is 3.36. The van der Waals surface area contributed by atoms with Crippen molar-refractivity contribution in [2.75, 3.05) is 0 Å². The maximum atomic E-state index is 13.5. The number of alkyl halides is 3. The van der Waals surface area contributed by atoms with Crippen molar-refractivity contribution in [1.82, 2.24) is 0 Å². The van der Waals surface area contributed by atoms with Crippen molar-refractivity contribution in [3.05, 3.63) is 12.2 Å². The Balaban J connectivity index is 1.55. The Morgan fingerprint density at radius 2 is 1.86 bits per heavy atom. The average molecular weight is 501 g/mol. The lowest BCUT2D eigenvalue weighted by Crippen LogP contribution is -2.35. The van der Waals surface area contributed by atoms with Crippen LogP contribution in [0, 0.1) is 41.4 Å². The number of carbonyl (C=O) groups is 3. The van der Waals surface area contributed by atoms with Crippen LogP contribution in [0.5, 0.6) is 0 Å². The second-order valence-electron chi connectivity index (χ2n) is 10.9. The zero-order valence-electron chi connectivity index (χ0n) is 20.2. The summed E-state index contributed by atoms with van der Waals surface area (Å²) < 4.78 is 48.6. The Hall–Kier alpha value is -1.90. The second kappa shape index (κ2) is 10.2. The molecule has 3 aliphatic carbocycles. The predicted octanol–water partition coefficient (Wildman–Crippen LogP) is 4.39. The molecule has 0 aromatic heterocycles. The van der Waals surface area contributed by atoms with Crippen molar-refractivity contribution in [3.63, 3.8) is 0 Å². The molecule has 196 valence electrons. The van der Waals surface area contributed by atoms with Gasteiger partial charge in [-0.25, -0.2) is 4.79 Å². The number of aliphatic hydroxyl groups excluding tert-OH is 1. The van der Waals surface area contributed by atoms with Crippen LogP contribution in [-0.4, -0.2) is 47.3 Å². The van der Waals surface area contributed by atoms with Crippen LogP contribution in [0.3, 0.4) is 0 Å². The molecule has 4 rings (SSSR count). The fourth-order valence-electron chi connectivity index (χ4n) is 7.02. The Morgan fingerprint density at radius 1 is 1.11 bits per heavy atom. The van der Waals surface area contributed by atoms with Crippen molar-refractivity contribution in [2.24, 2.45) is 41.4 Å². The van der Waals surface area contributed by atoms with E-state index in [1.54, 1.807) is 6.92 Å². The minimum atomic E-state index is -5.03. The van der Waals surface area contributed by atoms with Crippen LogP contribution in [0.15, 0.2) is 12.2 Å². The molecular weight excluding hydrogens is 465 g/mol. The standard InChI is InChI=1S/C26H35F3O6/c1-3-15-5-4-6-22(30)13(2)24(32)21-11-19-17(20(21)12-23(31)34-15)8-7-14-9-16(10-18(14)19)35-25(33)26(27,28)29/h7-8,13-22,30H,3-6,9-12H2,1-2H3/t13-,14+,15+,16+,17+,18+,19+,20-,21+,22-/m0/s1. The van der Waals surface area contributed by atoms with Crippen molar-refractivity contribution in [2.45, 2.75) is 89.7 Å². The summed E-state index contributed by atoms with van der Waals surface area (Å²) >= 11 is 0. The number of carbonyl (C=O) groups excluding carboxylic acids is 3. The van der Waals surface area contributed by atoms with E-state index in [1.807, 2.05) is 19.1 Å². The van der Waals surface area contributed by atoms with Crippen LogP contribution in [0.2, 0.25) is 0 Å². The zero-order chi connectivity index (χ0) is 25.5. The number of hydrogen-bond donors (Lipinski definition) is 1. The molecule has 6 nitrogen and oxygen atoms in total. The number of rotatable bonds is 2. The number of esters is 2. The lowest BCUT2D eigenvalue weighted by Gasteiger charge is -2.33. The molecular formula is C26H35F3O6. The SMILES string of the molecule is CC[C@@H]1CCC[C@H](O)[C@H](C)C(=O)[C@@H]2C[C@@H]3[C@@H](C=C[C@@H]4C[C@@H](OC(=O)C(F)(F)F)C[C@@H]34)[C@@H]2CC(=O)O1. The number of ether oxygens (including phenoxy) is 2. The Labute approximate surface area is 203 Å². The Bertz CT molecular complexity index is 855. The minimum Gasteiger partial charge on any atom is -0.462 e. The summed E-state index contributed by atoms with van der Waals surface area (Å²) in [5.41, 5.74) is 0. The molecule has 1 N–H and O–H groups in total. The van der Waals surface area contributed by atoms with Crippen molar-refractivity contribution in [1.29, 1.82) is 0 Å². The van der Waals surface area contributed by atoms with E-state index < -0.39 is 36.2 Å². The van der Waals surface area contributed by atoms with Gasteiger partial charge in [-0.15, -0.1) is 0 Å². The lowest BCUT2D eigenvalue weighted by molar-refractivity contribution is -0.204. The van der Waals surface area contributed by atoms with Crippen LogP contribution < -0.4 is 0 Å². The molecule has 0 bridgehead atoms. The van der Waals surface area contributed by atoms with Gasteiger partial charge in [-0.05, 0) is 74.5 Å². The summed E-state index contributed by atoms with van der Waals surface area (Å²) in [6.07, 6.45) is 0.838. The third-order valence-corrected chi connectivity index (χ3v) is 8.86.